The van der Waals surface area contributed by atoms with Crippen molar-refractivity contribution in [1.29, 1.82) is 0 Å². The summed E-state index contributed by atoms with van der Waals surface area (Å²) >= 11 is 0. The van der Waals surface area contributed by atoms with E-state index in [0.29, 0.717) is 18.0 Å². The molecule has 0 heterocycles. The second-order valence-corrected chi connectivity index (χ2v) is 6.84. The maximum atomic E-state index is 11.9. The van der Waals surface area contributed by atoms with Gasteiger partial charge in [0.05, 0.1) is 6.54 Å². The van der Waals surface area contributed by atoms with Crippen molar-refractivity contribution in [2.24, 2.45) is 10.9 Å². The minimum absolute atomic E-state index is 0. The Bertz CT molecular complexity index is 560. The molecule has 0 aliphatic carbocycles. The Morgan fingerprint density at radius 3 is 2.41 bits per heavy atom. The molecule has 1 aromatic carbocycles. The molecule has 27 heavy (non-hydrogen) atoms. The van der Waals surface area contributed by atoms with Gasteiger partial charge in [0.25, 0.3) is 5.91 Å². The van der Waals surface area contributed by atoms with Gasteiger partial charge in [0, 0.05) is 46.0 Å². The molecule has 6 nitrogen and oxygen atoms in total. The highest BCUT2D eigenvalue weighted by Crippen LogP contribution is 2.07. The van der Waals surface area contributed by atoms with E-state index in [9.17, 15) is 4.79 Å². The average Bonchev–Trinajstić information content (AvgIpc) is 2.61. The van der Waals surface area contributed by atoms with Crippen LogP contribution in [-0.4, -0.2) is 57.2 Å². The normalized spacial score (nSPS) is 11.1. The molecule has 1 rings (SSSR count). The number of carbonyl (C=O) groups is 1. The first kappa shape index (κ1) is 25.6. The van der Waals surface area contributed by atoms with Gasteiger partial charge in [-0.25, -0.2) is 4.99 Å². The lowest BCUT2D eigenvalue weighted by atomic mass is 10.1. The van der Waals surface area contributed by atoms with Gasteiger partial charge in [-0.2, -0.15) is 0 Å². The first-order valence-electron chi connectivity index (χ1n) is 9.34. The summed E-state index contributed by atoms with van der Waals surface area (Å²) < 4.78 is 5.58. The Labute approximate surface area is 181 Å². The first-order chi connectivity index (χ1) is 12.4. The van der Waals surface area contributed by atoms with Crippen LogP contribution in [0.25, 0.3) is 0 Å². The second kappa shape index (κ2) is 14.7. The number of nitrogens with one attached hydrogen (secondary N) is 2. The van der Waals surface area contributed by atoms with Crippen molar-refractivity contribution in [3.05, 3.63) is 35.4 Å². The van der Waals surface area contributed by atoms with Gasteiger partial charge in [0.2, 0.25) is 0 Å². The zero-order valence-corrected chi connectivity index (χ0v) is 19.6. The molecule has 0 bridgehead atoms. The number of hydrogen-bond acceptors (Lipinski definition) is 3. The van der Waals surface area contributed by atoms with E-state index in [-0.39, 0.29) is 29.9 Å². The Morgan fingerprint density at radius 1 is 1.19 bits per heavy atom. The fourth-order valence-electron chi connectivity index (χ4n) is 2.22. The fraction of sp³-hybridized carbons (Fsp3) is 0.600. The maximum Gasteiger partial charge on any atom is 0.253 e. The molecule has 1 aromatic rings. The highest BCUT2D eigenvalue weighted by atomic mass is 127. The Hall–Kier alpha value is -1.35. The van der Waals surface area contributed by atoms with Crippen LogP contribution < -0.4 is 10.6 Å². The van der Waals surface area contributed by atoms with Crippen LogP contribution in [0.2, 0.25) is 0 Å². The summed E-state index contributed by atoms with van der Waals surface area (Å²) in [5.41, 5.74) is 1.76. The predicted molar refractivity (Wildman–Crippen MR) is 123 cm³/mol. The zero-order chi connectivity index (χ0) is 19.4. The van der Waals surface area contributed by atoms with Crippen LogP contribution in [0.3, 0.4) is 0 Å². The standard InChI is InChI=1S/C20H34N4O2.HI/c1-6-21-20(22-12-7-13-26-15-16(2)3)23-14-17-8-10-18(11-9-17)19(25)24(4)5;/h8-11,16H,6-7,12-15H2,1-5H3,(H2,21,22,23);1H. The maximum absolute atomic E-state index is 11.9. The zero-order valence-electron chi connectivity index (χ0n) is 17.2. The smallest absolute Gasteiger partial charge is 0.253 e. The number of hydrogen-bond donors (Lipinski definition) is 2. The molecule has 0 aromatic heterocycles. The lowest BCUT2D eigenvalue weighted by Crippen LogP contribution is -2.38. The molecule has 0 aliphatic heterocycles. The quantitative estimate of drug-likeness (QED) is 0.229. The van der Waals surface area contributed by atoms with E-state index in [2.05, 4.69) is 29.5 Å². The van der Waals surface area contributed by atoms with Crippen molar-refractivity contribution < 1.29 is 9.53 Å². The molecular formula is C20H35IN4O2. The number of rotatable bonds is 10. The van der Waals surface area contributed by atoms with Gasteiger partial charge in [-0.15, -0.1) is 24.0 Å². The molecule has 0 aliphatic rings. The highest BCUT2D eigenvalue weighted by Gasteiger charge is 2.07. The highest BCUT2D eigenvalue weighted by molar-refractivity contribution is 14.0. The van der Waals surface area contributed by atoms with Crippen LogP contribution in [0.5, 0.6) is 0 Å². The third kappa shape index (κ3) is 11.2. The number of halogens is 1. The topological polar surface area (TPSA) is 66.0 Å². The number of ether oxygens (including phenoxy) is 1. The van der Waals surface area contributed by atoms with Gasteiger partial charge in [-0.3, -0.25) is 4.79 Å². The third-order valence-electron chi connectivity index (χ3n) is 3.58. The number of nitrogens with zero attached hydrogens (tertiary/aromatic N) is 2. The van der Waals surface area contributed by atoms with Crippen LogP contribution >= 0.6 is 24.0 Å². The lowest BCUT2D eigenvalue weighted by molar-refractivity contribution is 0.0827. The van der Waals surface area contributed by atoms with Crippen LogP contribution in [0, 0.1) is 5.92 Å². The molecule has 0 fully saturated rings. The largest absolute Gasteiger partial charge is 0.381 e. The van der Waals surface area contributed by atoms with Gasteiger partial charge >= 0.3 is 0 Å². The van der Waals surface area contributed by atoms with Crippen molar-refractivity contribution >= 4 is 35.8 Å². The number of guanidine groups is 1. The van der Waals surface area contributed by atoms with E-state index in [1.54, 1.807) is 19.0 Å². The van der Waals surface area contributed by atoms with E-state index in [1.165, 1.54) is 0 Å². The van der Waals surface area contributed by atoms with Crippen molar-refractivity contribution in [2.45, 2.75) is 33.7 Å². The second-order valence-electron chi connectivity index (χ2n) is 6.84. The van der Waals surface area contributed by atoms with Crippen LogP contribution in [0.1, 0.15) is 43.1 Å². The van der Waals surface area contributed by atoms with E-state index in [4.69, 9.17) is 4.74 Å². The number of amides is 1. The Balaban J connectivity index is 0.00000676. The SMILES string of the molecule is CCNC(=NCc1ccc(C(=O)N(C)C)cc1)NCCCOCC(C)C.I. The average molecular weight is 490 g/mol. The minimum Gasteiger partial charge on any atom is -0.381 e. The summed E-state index contributed by atoms with van der Waals surface area (Å²) in [7, 11) is 3.51. The van der Waals surface area contributed by atoms with Crippen molar-refractivity contribution in [3.63, 3.8) is 0 Å². The number of carbonyl (C=O) groups excluding carboxylic acids is 1. The monoisotopic (exact) mass is 490 g/mol. The summed E-state index contributed by atoms with van der Waals surface area (Å²) in [6.07, 6.45) is 0.943. The van der Waals surface area contributed by atoms with Gasteiger partial charge in [-0.1, -0.05) is 26.0 Å². The van der Waals surface area contributed by atoms with Gasteiger partial charge in [0.1, 0.15) is 0 Å². The molecule has 0 radical (unpaired) electrons. The molecule has 2 N–H and O–H groups in total. The molecule has 0 saturated carbocycles. The Morgan fingerprint density at radius 2 is 1.85 bits per heavy atom. The van der Waals surface area contributed by atoms with Crippen molar-refractivity contribution in [2.75, 3.05) is 40.4 Å². The molecular weight excluding hydrogens is 455 g/mol. The number of benzene rings is 1. The van der Waals surface area contributed by atoms with Crippen molar-refractivity contribution in [3.8, 4) is 0 Å². The van der Waals surface area contributed by atoms with E-state index in [1.807, 2.05) is 31.2 Å². The lowest BCUT2D eigenvalue weighted by Gasteiger charge is -2.12. The molecule has 154 valence electrons. The minimum atomic E-state index is 0. The molecule has 0 spiro atoms. The van der Waals surface area contributed by atoms with E-state index < -0.39 is 0 Å². The summed E-state index contributed by atoms with van der Waals surface area (Å²) in [5.74, 6) is 1.38. The van der Waals surface area contributed by atoms with E-state index in [0.717, 1.165) is 44.2 Å². The first-order valence-corrected chi connectivity index (χ1v) is 9.34. The predicted octanol–water partition coefficient (Wildman–Crippen LogP) is 3.12. The van der Waals surface area contributed by atoms with E-state index >= 15 is 0 Å². The molecule has 0 unspecified atom stereocenters. The summed E-state index contributed by atoms with van der Waals surface area (Å²) in [5, 5.41) is 6.57. The van der Waals surface area contributed by atoms with Gasteiger partial charge in [0.15, 0.2) is 5.96 Å². The van der Waals surface area contributed by atoms with Crippen LogP contribution in [-0.2, 0) is 11.3 Å². The summed E-state index contributed by atoms with van der Waals surface area (Å²) in [6.45, 7) is 10.1. The molecule has 0 saturated heterocycles. The van der Waals surface area contributed by atoms with Crippen molar-refractivity contribution in [1.82, 2.24) is 15.5 Å². The van der Waals surface area contributed by atoms with Crippen LogP contribution in [0.15, 0.2) is 29.3 Å². The summed E-state index contributed by atoms with van der Waals surface area (Å²) in [4.78, 5) is 18.1. The number of aliphatic imine (C=N–C) groups is 1. The molecule has 7 heteroatoms. The van der Waals surface area contributed by atoms with Crippen LogP contribution in [0.4, 0.5) is 0 Å². The Kier molecular flexibility index (Phi) is 13.9. The molecule has 1 amide bonds. The summed E-state index contributed by atoms with van der Waals surface area (Å²) in [6, 6.07) is 7.59. The van der Waals surface area contributed by atoms with Gasteiger partial charge in [-0.05, 0) is 37.0 Å². The fourth-order valence-corrected chi connectivity index (χ4v) is 2.22. The molecule has 0 atom stereocenters. The van der Waals surface area contributed by atoms with Gasteiger partial charge < -0.3 is 20.3 Å². The third-order valence-corrected chi connectivity index (χ3v) is 3.58.